The number of carboxylic acid groups (broad SMARTS) is 1. The third-order valence-electron chi connectivity index (χ3n) is 0.905. The highest BCUT2D eigenvalue weighted by Crippen LogP contribution is 1.81. The Morgan fingerprint density at radius 1 is 1.64 bits per heavy atom. The van der Waals surface area contributed by atoms with Gasteiger partial charge in [-0.05, 0) is 6.92 Å². The van der Waals surface area contributed by atoms with Crippen LogP contribution in [0.15, 0.2) is 0 Å². The van der Waals surface area contributed by atoms with Gasteiger partial charge in [-0.2, -0.15) is 0 Å². The molecule has 0 aromatic carbocycles. The van der Waals surface area contributed by atoms with Crippen LogP contribution in [0.25, 0.3) is 0 Å². The van der Waals surface area contributed by atoms with Gasteiger partial charge in [-0.1, -0.05) is 0 Å². The first-order chi connectivity index (χ1) is 5.06. The smallest absolute Gasteiger partial charge is 0.312 e. The molecule has 62 valence electrons. The van der Waals surface area contributed by atoms with Crippen LogP contribution in [0, 0.1) is 0 Å². The fraction of sp³-hybridized carbons (Fsp3) is 0.500. The molecule has 0 radical (unpaired) electrons. The van der Waals surface area contributed by atoms with Gasteiger partial charge in [-0.25, -0.2) is 0 Å². The maximum absolute atomic E-state index is 10.6. The predicted octanol–water partition coefficient (Wildman–Crippen LogP) is -0.835. The zero-order chi connectivity index (χ0) is 8.85. The molecule has 0 aromatic heterocycles. The Morgan fingerprint density at radius 3 is 2.55 bits per heavy atom. The standard InChI is InChI=1S/C6H9NO4/c1-4(3-8)7-5(9)2-6(10)11/h3-4H,2H2,1H3,(H,7,9)(H,10,11)/t4-/m0/s1. The Bertz CT molecular complexity index is 177. The van der Waals surface area contributed by atoms with E-state index in [0.717, 1.165) is 0 Å². The highest BCUT2D eigenvalue weighted by molar-refractivity contribution is 5.94. The molecule has 0 aliphatic heterocycles. The molecule has 0 aliphatic rings. The van der Waals surface area contributed by atoms with E-state index in [4.69, 9.17) is 5.11 Å². The van der Waals surface area contributed by atoms with E-state index < -0.39 is 24.3 Å². The van der Waals surface area contributed by atoms with Gasteiger partial charge in [-0.15, -0.1) is 0 Å². The molecule has 0 fully saturated rings. The quantitative estimate of drug-likeness (QED) is 0.414. The number of amides is 1. The van der Waals surface area contributed by atoms with Crippen LogP contribution < -0.4 is 5.32 Å². The molecule has 0 saturated heterocycles. The minimum atomic E-state index is -1.21. The summed E-state index contributed by atoms with van der Waals surface area (Å²) in [5.74, 6) is -1.86. The number of nitrogens with one attached hydrogen (secondary N) is 1. The topological polar surface area (TPSA) is 83.5 Å². The van der Waals surface area contributed by atoms with Crippen LogP contribution in [-0.4, -0.2) is 29.3 Å². The van der Waals surface area contributed by atoms with Crippen LogP contribution in [0.4, 0.5) is 0 Å². The minimum Gasteiger partial charge on any atom is -0.481 e. The van der Waals surface area contributed by atoms with Gasteiger partial charge in [0, 0.05) is 0 Å². The van der Waals surface area contributed by atoms with Crippen LogP contribution in [0.1, 0.15) is 13.3 Å². The number of hydrogen-bond donors (Lipinski definition) is 2. The summed E-state index contributed by atoms with van der Waals surface area (Å²) < 4.78 is 0. The molecule has 0 rings (SSSR count). The first-order valence-electron chi connectivity index (χ1n) is 3.02. The lowest BCUT2D eigenvalue weighted by Crippen LogP contribution is -2.34. The van der Waals surface area contributed by atoms with Crippen molar-refractivity contribution in [2.75, 3.05) is 0 Å². The minimum absolute atomic E-state index is 0.528. The first kappa shape index (κ1) is 9.61. The van der Waals surface area contributed by atoms with Crippen LogP contribution in [-0.2, 0) is 14.4 Å². The maximum Gasteiger partial charge on any atom is 0.312 e. The van der Waals surface area contributed by atoms with Crippen molar-refractivity contribution < 1.29 is 19.5 Å². The van der Waals surface area contributed by atoms with Gasteiger partial charge >= 0.3 is 5.97 Å². The zero-order valence-electron chi connectivity index (χ0n) is 6.03. The molecule has 0 spiro atoms. The van der Waals surface area contributed by atoms with Gasteiger partial charge in [0.15, 0.2) is 0 Å². The maximum atomic E-state index is 10.6. The SMILES string of the molecule is C[C@@H](C=O)NC(=O)CC(=O)O. The Morgan fingerprint density at radius 2 is 2.18 bits per heavy atom. The Kier molecular flexibility index (Phi) is 3.87. The van der Waals surface area contributed by atoms with E-state index in [0.29, 0.717) is 6.29 Å². The molecule has 1 amide bonds. The van der Waals surface area contributed by atoms with Gasteiger partial charge in [0.25, 0.3) is 0 Å². The monoisotopic (exact) mass is 159 g/mol. The summed E-state index contributed by atoms with van der Waals surface area (Å²) >= 11 is 0. The molecule has 0 bridgehead atoms. The average molecular weight is 159 g/mol. The number of rotatable bonds is 4. The largest absolute Gasteiger partial charge is 0.481 e. The lowest BCUT2D eigenvalue weighted by molar-refractivity contribution is -0.141. The van der Waals surface area contributed by atoms with Gasteiger partial charge in [0.1, 0.15) is 12.7 Å². The van der Waals surface area contributed by atoms with Gasteiger partial charge in [0.05, 0.1) is 6.04 Å². The lowest BCUT2D eigenvalue weighted by atomic mass is 10.3. The number of carbonyl (C=O) groups is 3. The number of hydrogen-bond acceptors (Lipinski definition) is 3. The summed E-state index contributed by atoms with van der Waals surface area (Å²) in [5, 5.41) is 10.3. The molecule has 1 atom stereocenters. The van der Waals surface area contributed by atoms with Gasteiger partial charge in [0.2, 0.25) is 5.91 Å². The van der Waals surface area contributed by atoms with E-state index in [-0.39, 0.29) is 0 Å². The molecule has 2 N–H and O–H groups in total. The second-order valence-electron chi connectivity index (χ2n) is 2.06. The van der Waals surface area contributed by atoms with Crippen LogP contribution in [0.3, 0.4) is 0 Å². The van der Waals surface area contributed by atoms with Crippen molar-refractivity contribution in [1.29, 1.82) is 0 Å². The summed E-state index contributed by atoms with van der Waals surface area (Å²) in [6, 6.07) is -0.623. The molecule has 0 aromatic rings. The lowest BCUT2D eigenvalue weighted by Gasteiger charge is -2.03. The number of carbonyl (C=O) groups excluding carboxylic acids is 2. The highest BCUT2D eigenvalue weighted by atomic mass is 16.4. The Hall–Kier alpha value is -1.39. The fourth-order valence-electron chi connectivity index (χ4n) is 0.476. The third kappa shape index (κ3) is 5.07. The van der Waals surface area contributed by atoms with Crippen molar-refractivity contribution >= 4 is 18.2 Å². The predicted molar refractivity (Wildman–Crippen MR) is 35.9 cm³/mol. The number of aldehydes is 1. The molecule has 5 heteroatoms. The van der Waals surface area contributed by atoms with E-state index in [1.807, 2.05) is 0 Å². The van der Waals surface area contributed by atoms with Crippen LogP contribution >= 0.6 is 0 Å². The normalized spacial score (nSPS) is 11.7. The molecular weight excluding hydrogens is 150 g/mol. The summed E-state index contributed by atoms with van der Waals surface area (Å²) in [6.07, 6.45) is -0.0715. The number of carboxylic acids is 1. The Labute approximate surface area is 63.4 Å². The number of aliphatic carboxylic acids is 1. The van der Waals surface area contributed by atoms with Crippen LogP contribution in [0.2, 0.25) is 0 Å². The summed E-state index contributed by atoms with van der Waals surface area (Å²) in [6.45, 7) is 1.47. The highest BCUT2D eigenvalue weighted by Gasteiger charge is 2.09. The van der Waals surface area contributed by atoms with Crippen molar-refractivity contribution in [3.8, 4) is 0 Å². The van der Waals surface area contributed by atoms with Gasteiger partial charge < -0.3 is 15.2 Å². The molecule has 0 saturated carbocycles. The van der Waals surface area contributed by atoms with Crippen molar-refractivity contribution in [2.24, 2.45) is 0 Å². The summed E-state index contributed by atoms with van der Waals surface area (Å²) in [4.78, 5) is 30.5. The second-order valence-corrected chi connectivity index (χ2v) is 2.06. The molecular formula is C6H9NO4. The van der Waals surface area contributed by atoms with E-state index in [2.05, 4.69) is 5.32 Å². The average Bonchev–Trinajstić information content (AvgIpc) is 1.85. The van der Waals surface area contributed by atoms with Gasteiger partial charge in [-0.3, -0.25) is 9.59 Å². The first-order valence-corrected chi connectivity index (χ1v) is 3.02. The van der Waals surface area contributed by atoms with Crippen molar-refractivity contribution in [1.82, 2.24) is 5.32 Å². The van der Waals surface area contributed by atoms with Crippen molar-refractivity contribution in [2.45, 2.75) is 19.4 Å². The third-order valence-corrected chi connectivity index (χ3v) is 0.905. The zero-order valence-corrected chi connectivity index (χ0v) is 6.03. The molecule has 11 heavy (non-hydrogen) atoms. The second kappa shape index (κ2) is 4.43. The van der Waals surface area contributed by atoms with Crippen molar-refractivity contribution in [3.05, 3.63) is 0 Å². The van der Waals surface area contributed by atoms with E-state index in [1.54, 1.807) is 0 Å². The molecule has 0 unspecified atom stereocenters. The van der Waals surface area contributed by atoms with E-state index in [9.17, 15) is 14.4 Å². The molecule has 0 aliphatic carbocycles. The fourth-order valence-corrected chi connectivity index (χ4v) is 0.476. The van der Waals surface area contributed by atoms with Crippen molar-refractivity contribution in [3.63, 3.8) is 0 Å². The van der Waals surface area contributed by atoms with Crippen LogP contribution in [0.5, 0.6) is 0 Å². The Balaban J connectivity index is 3.69. The molecule has 5 nitrogen and oxygen atoms in total. The molecule has 0 heterocycles. The van der Waals surface area contributed by atoms with E-state index >= 15 is 0 Å². The summed E-state index contributed by atoms with van der Waals surface area (Å²) in [5.41, 5.74) is 0. The van der Waals surface area contributed by atoms with E-state index in [1.165, 1.54) is 6.92 Å². The summed E-state index contributed by atoms with van der Waals surface area (Å²) in [7, 11) is 0.